The molecule has 0 spiro atoms. The third kappa shape index (κ3) is 7.02. The van der Waals surface area contributed by atoms with E-state index in [0.717, 1.165) is 0 Å². The first kappa shape index (κ1) is 22.6. The quantitative estimate of drug-likeness (QED) is 0.395. The van der Waals surface area contributed by atoms with Gasteiger partial charge < -0.3 is 15.1 Å². The predicted molar refractivity (Wildman–Crippen MR) is 107 cm³/mol. The van der Waals surface area contributed by atoms with E-state index in [-0.39, 0.29) is 48.8 Å². The van der Waals surface area contributed by atoms with Gasteiger partial charge in [0.15, 0.2) is 5.96 Å². The van der Waals surface area contributed by atoms with Gasteiger partial charge in [0.05, 0.1) is 13.1 Å². The fourth-order valence-corrected chi connectivity index (χ4v) is 2.21. The molecule has 1 rings (SSSR count). The molecule has 0 saturated heterocycles. The molecule has 5 nitrogen and oxygen atoms in total. The number of halogens is 2. The zero-order valence-electron chi connectivity index (χ0n) is 14.9. The van der Waals surface area contributed by atoms with Crippen molar-refractivity contribution in [1.29, 1.82) is 0 Å². The summed E-state index contributed by atoms with van der Waals surface area (Å²) in [5.41, 5.74) is 0.534. The second-order valence-electron chi connectivity index (χ2n) is 5.18. The number of rotatable bonds is 7. The fourth-order valence-electron chi connectivity index (χ4n) is 2.21. The average molecular weight is 450 g/mol. The summed E-state index contributed by atoms with van der Waals surface area (Å²) < 4.78 is 13.7. The molecule has 0 unspecified atom stereocenters. The van der Waals surface area contributed by atoms with E-state index in [1.54, 1.807) is 28.0 Å². The Hall–Kier alpha value is -1.38. The number of hydrogen-bond acceptors (Lipinski definition) is 2. The number of benzene rings is 1. The van der Waals surface area contributed by atoms with Crippen molar-refractivity contribution in [3.8, 4) is 0 Å². The van der Waals surface area contributed by atoms with Crippen LogP contribution in [0, 0.1) is 5.82 Å². The van der Waals surface area contributed by atoms with Crippen molar-refractivity contribution in [2.45, 2.75) is 27.3 Å². The van der Waals surface area contributed by atoms with Crippen molar-refractivity contribution in [3.05, 3.63) is 35.6 Å². The Bertz CT molecular complexity index is 535. The molecule has 0 atom stereocenters. The largest absolute Gasteiger partial charge is 0.357 e. The van der Waals surface area contributed by atoms with Gasteiger partial charge in [-0.2, -0.15) is 0 Å². The molecule has 7 heteroatoms. The molecule has 24 heavy (non-hydrogen) atoms. The van der Waals surface area contributed by atoms with Crippen LogP contribution in [0.5, 0.6) is 0 Å². The molecule has 0 radical (unpaired) electrons. The molecular formula is C17H28FIN4O. The van der Waals surface area contributed by atoms with E-state index in [0.29, 0.717) is 31.2 Å². The first-order chi connectivity index (χ1) is 11.0. The van der Waals surface area contributed by atoms with Gasteiger partial charge in [0.1, 0.15) is 5.82 Å². The zero-order chi connectivity index (χ0) is 17.2. The summed E-state index contributed by atoms with van der Waals surface area (Å²) >= 11 is 0. The summed E-state index contributed by atoms with van der Waals surface area (Å²) in [5, 5.41) is 3.14. The lowest BCUT2D eigenvalue weighted by molar-refractivity contribution is -0.131. The van der Waals surface area contributed by atoms with Crippen molar-refractivity contribution < 1.29 is 9.18 Å². The lowest BCUT2D eigenvalue weighted by Crippen LogP contribution is -2.45. The maximum absolute atomic E-state index is 13.7. The lowest BCUT2D eigenvalue weighted by atomic mass is 10.2. The topological polar surface area (TPSA) is 47.9 Å². The highest BCUT2D eigenvalue weighted by atomic mass is 127. The normalized spacial score (nSPS) is 10.8. The second kappa shape index (κ2) is 12.0. The van der Waals surface area contributed by atoms with E-state index < -0.39 is 0 Å². The number of nitrogens with zero attached hydrogens (tertiary/aromatic N) is 3. The number of nitrogens with one attached hydrogen (secondary N) is 1. The van der Waals surface area contributed by atoms with Crippen LogP contribution in [0.2, 0.25) is 0 Å². The summed E-state index contributed by atoms with van der Waals surface area (Å²) in [7, 11) is 1.81. The van der Waals surface area contributed by atoms with Crippen LogP contribution >= 0.6 is 24.0 Å². The Kier molecular flexibility index (Phi) is 11.4. The number of amides is 1. The number of carbonyl (C=O) groups is 1. The number of aliphatic imine (C=N–C) groups is 1. The van der Waals surface area contributed by atoms with Gasteiger partial charge in [-0.05, 0) is 26.8 Å². The molecule has 0 bridgehead atoms. The molecule has 0 aromatic heterocycles. The molecule has 0 saturated carbocycles. The van der Waals surface area contributed by atoms with Crippen LogP contribution in [0.25, 0.3) is 0 Å². The second-order valence-corrected chi connectivity index (χ2v) is 5.18. The predicted octanol–water partition coefficient (Wildman–Crippen LogP) is 2.71. The van der Waals surface area contributed by atoms with Crippen LogP contribution in [-0.2, 0) is 11.3 Å². The van der Waals surface area contributed by atoms with Crippen LogP contribution in [0.15, 0.2) is 29.3 Å². The highest BCUT2D eigenvalue weighted by Crippen LogP contribution is 2.07. The molecule has 1 N–H and O–H groups in total. The molecule has 0 aliphatic rings. The first-order valence-corrected chi connectivity index (χ1v) is 8.04. The van der Waals surface area contributed by atoms with Gasteiger partial charge in [-0.3, -0.25) is 4.79 Å². The summed E-state index contributed by atoms with van der Waals surface area (Å²) in [6, 6.07) is 6.58. The van der Waals surface area contributed by atoms with Crippen LogP contribution in [0.1, 0.15) is 26.3 Å². The SMILES string of the molecule is CCNC(=NCc1ccccc1F)N(C)CC(=O)N(CC)CC.I. The van der Waals surface area contributed by atoms with Gasteiger partial charge >= 0.3 is 0 Å². The summed E-state index contributed by atoms with van der Waals surface area (Å²) in [6.45, 7) is 8.40. The van der Waals surface area contributed by atoms with Gasteiger partial charge in [-0.1, -0.05) is 18.2 Å². The third-order valence-corrected chi connectivity index (χ3v) is 3.54. The maximum atomic E-state index is 13.7. The Morgan fingerprint density at radius 1 is 1.21 bits per heavy atom. The Morgan fingerprint density at radius 3 is 2.38 bits per heavy atom. The number of likely N-dealkylation sites (N-methyl/N-ethyl adjacent to an activating group) is 2. The Labute approximate surface area is 161 Å². The smallest absolute Gasteiger partial charge is 0.242 e. The molecule has 0 fully saturated rings. The number of hydrogen-bond donors (Lipinski definition) is 1. The Balaban J connectivity index is 0.00000529. The molecule has 1 amide bonds. The zero-order valence-corrected chi connectivity index (χ0v) is 17.2. The maximum Gasteiger partial charge on any atom is 0.242 e. The highest BCUT2D eigenvalue weighted by Gasteiger charge is 2.15. The minimum atomic E-state index is -0.269. The standard InChI is InChI=1S/C17H27FN4O.HI/c1-5-19-17(20-12-14-10-8-9-11-15(14)18)21(4)13-16(23)22(6-2)7-3;/h8-11H,5-7,12-13H2,1-4H3,(H,19,20);1H. The van der Waals surface area contributed by atoms with E-state index in [1.165, 1.54) is 6.07 Å². The highest BCUT2D eigenvalue weighted by molar-refractivity contribution is 14.0. The third-order valence-electron chi connectivity index (χ3n) is 3.54. The summed E-state index contributed by atoms with van der Waals surface area (Å²) in [6.07, 6.45) is 0. The van der Waals surface area contributed by atoms with E-state index in [4.69, 9.17) is 0 Å². The van der Waals surface area contributed by atoms with Gasteiger partial charge in [0.2, 0.25) is 5.91 Å². The van der Waals surface area contributed by atoms with Crippen molar-refractivity contribution >= 4 is 35.8 Å². The molecule has 136 valence electrons. The van der Waals surface area contributed by atoms with Crippen molar-refractivity contribution in [2.24, 2.45) is 4.99 Å². The summed E-state index contributed by atoms with van der Waals surface area (Å²) in [5.74, 6) is 0.374. The van der Waals surface area contributed by atoms with E-state index in [2.05, 4.69) is 10.3 Å². The molecule has 1 aromatic carbocycles. The van der Waals surface area contributed by atoms with E-state index in [1.807, 2.05) is 27.8 Å². The van der Waals surface area contributed by atoms with E-state index in [9.17, 15) is 9.18 Å². The minimum Gasteiger partial charge on any atom is -0.357 e. The molecule has 1 aromatic rings. The molecular weight excluding hydrogens is 422 g/mol. The average Bonchev–Trinajstić information content (AvgIpc) is 2.53. The van der Waals surface area contributed by atoms with Crippen LogP contribution in [0.4, 0.5) is 4.39 Å². The minimum absolute atomic E-state index is 0. The number of carbonyl (C=O) groups excluding carboxylic acids is 1. The van der Waals surface area contributed by atoms with Crippen molar-refractivity contribution in [1.82, 2.24) is 15.1 Å². The molecule has 0 aliphatic heterocycles. The van der Waals surface area contributed by atoms with Crippen molar-refractivity contribution in [3.63, 3.8) is 0 Å². The van der Waals surface area contributed by atoms with Crippen LogP contribution in [-0.4, -0.2) is 54.9 Å². The number of guanidine groups is 1. The monoisotopic (exact) mass is 450 g/mol. The van der Waals surface area contributed by atoms with Crippen LogP contribution in [0.3, 0.4) is 0 Å². The van der Waals surface area contributed by atoms with Gasteiger partial charge in [0, 0.05) is 32.2 Å². The first-order valence-electron chi connectivity index (χ1n) is 8.04. The van der Waals surface area contributed by atoms with Gasteiger partial charge in [-0.15, -0.1) is 24.0 Å². The van der Waals surface area contributed by atoms with E-state index >= 15 is 0 Å². The molecule has 0 aliphatic carbocycles. The molecule has 0 heterocycles. The fraction of sp³-hybridized carbons (Fsp3) is 0.529. The van der Waals surface area contributed by atoms with Gasteiger partial charge in [0.25, 0.3) is 0 Å². The van der Waals surface area contributed by atoms with Crippen molar-refractivity contribution in [2.75, 3.05) is 33.2 Å². The lowest BCUT2D eigenvalue weighted by Gasteiger charge is -2.25. The van der Waals surface area contributed by atoms with Gasteiger partial charge in [-0.25, -0.2) is 9.38 Å². The summed E-state index contributed by atoms with van der Waals surface area (Å²) in [4.78, 5) is 20.2. The Morgan fingerprint density at radius 2 is 1.83 bits per heavy atom. The van der Waals surface area contributed by atoms with Crippen LogP contribution < -0.4 is 5.32 Å².